The third-order valence-electron chi connectivity index (χ3n) is 4.32. The summed E-state index contributed by atoms with van der Waals surface area (Å²) < 4.78 is 37.9. The maximum absolute atomic E-state index is 12.6. The van der Waals surface area contributed by atoms with Crippen molar-refractivity contribution in [1.82, 2.24) is 4.98 Å². The average Bonchev–Trinajstić information content (AvgIpc) is 2.67. The van der Waals surface area contributed by atoms with Crippen molar-refractivity contribution < 1.29 is 13.2 Å². The van der Waals surface area contributed by atoms with Crippen molar-refractivity contribution >= 4 is 11.3 Å². The van der Waals surface area contributed by atoms with Gasteiger partial charge in [-0.05, 0) is 45.4 Å². The number of halogens is 3. The lowest BCUT2D eigenvalue weighted by Gasteiger charge is -2.32. The van der Waals surface area contributed by atoms with Gasteiger partial charge in [-0.2, -0.15) is 13.2 Å². The van der Waals surface area contributed by atoms with Crippen LogP contribution in [0.3, 0.4) is 0 Å². The molecule has 0 amide bonds. The molecule has 1 aliphatic rings. The van der Waals surface area contributed by atoms with Crippen LogP contribution in [0.25, 0.3) is 0 Å². The number of hydrogen-bond acceptors (Lipinski definition) is 3. The number of rotatable bonds is 3. The molecule has 0 bridgehead atoms. The number of aryl methyl sites for hydroxylation is 2. The Balaban J connectivity index is 1.87. The number of nitrogens with two attached hydrogens (primary N) is 1. The molecular formula is C14H21F3N2S. The Hall–Kier alpha value is -0.620. The topological polar surface area (TPSA) is 38.9 Å². The Bertz CT molecular complexity index is 428. The van der Waals surface area contributed by atoms with Crippen LogP contribution in [0.1, 0.15) is 41.3 Å². The molecule has 1 saturated carbocycles. The zero-order valence-corrected chi connectivity index (χ0v) is 12.7. The molecule has 2 N–H and O–H groups in total. The normalized spacial score (nSPS) is 25.7. The van der Waals surface area contributed by atoms with Crippen LogP contribution in [0, 0.1) is 25.7 Å². The SMILES string of the molecule is Cc1nc(CC(N)C2CCC(C(F)(F)F)CC2)sc1C. The van der Waals surface area contributed by atoms with Crippen molar-refractivity contribution in [3.63, 3.8) is 0 Å². The molecule has 20 heavy (non-hydrogen) atoms. The summed E-state index contributed by atoms with van der Waals surface area (Å²) in [5.41, 5.74) is 7.21. The second kappa shape index (κ2) is 6.02. The van der Waals surface area contributed by atoms with E-state index in [0.717, 1.165) is 10.7 Å². The molecule has 114 valence electrons. The van der Waals surface area contributed by atoms with Crippen LogP contribution < -0.4 is 5.73 Å². The predicted molar refractivity (Wildman–Crippen MR) is 74.8 cm³/mol. The standard InChI is InChI=1S/C14H21F3N2S/c1-8-9(2)20-13(19-8)7-12(18)10-3-5-11(6-4-10)14(15,16)17/h10-12H,3-7,18H2,1-2H3. The van der Waals surface area contributed by atoms with Gasteiger partial charge in [-0.3, -0.25) is 0 Å². The lowest BCUT2D eigenvalue weighted by Crippen LogP contribution is -2.37. The van der Waals surface area contributed by atoms with E-state index in [1.54, 1.807) is 11.3 Å². The molecule has 2 nitrogen and oxygen atoms in total. The number of thiazole rings is 1. The van der Waals surface area contributed by atoms with E-state index in [2.05, 4.69) is 4.98 Å². The van der Waals surface area contributed by atoms with Gasteiger partial charge in [-0.1, -0.05) is 0 Å². The summed E-state index contributed by atoms with van der Waals surface area (Å²) in [6, 6.07) is -0.0749. The smallest absolute Gasteiger partial charge is 0.327 e. The van der Waals surface area contributed by atoms with Gasteiger partial charge in [-0.15, -0.1) is 11.3 Å². The van der Waals surface area contributed by atoms with Crippen LogP contribution in [0.5, 0.6) is 0 Å². The highest BCUT2D eigenvalue weighted by atomic mass is 32.1. The largest absolute Gasteiger partial charge is 0.391 e. The molecule has 6 heteroatoms. The molecule has 1 aromatic heterocycles. The minimum atomic E-state index is -4.04. The summed E-state index contributed by atoms with van der Waals surface area (Å²) in [5.74, 6) is -0.937. The lowest BCUT2D eigenvalue weighted by atomic mass is 9.78. The predicted octanol–water partition coefficient (Wildman–Crippen LogP) is 4.00. The van der Waals surface area contributed by atoms with Crippen molar-refractivity contribution in [3.05, 3.63) is 15.6 Å². The Labute approximate surface area is 121 Å². The van der Waals surface area contributed by atoms with Crippen molar-refractivity contribution in [2.24, 2.45) is 17.6 Å². The molecule has 1 aliphatic carbocycles. The van der Waals surface area contributed by atoms with Crippen LogP contribution >= 0.6 is 11.3 Å². The van der Waals surface area contributed by atoms with E-state index in [1.807, 2.05) is 13.8 Å². The minimum absolute atomic E-state index is 0.0749. The van der Waals surface area contributed by atoms with Gasteiger partial charge in [-0.25, -0.2) is 4.98 Å². The van der Waals surface area contributed by atoms with Gasteiger partial charge in [0.05, 0.1) is 16.6 Å². The fraction of sp³-hybridized carbons (Fsp3) is 0.786. The van der Waals surface area contributed by atoms with Gasteiger partial charge in [0.2, 0.25) is 0 Å². The van der Waals surface area contributed by atoms with E-state index in [1.165, 1.54) is 4.88 Å². The zero-order chi connectivity index (χ0) is 14.9. The Morgan fingerprint density at radius 1 is 1.25 bits per heavy atom. The second-order valence-electron chi connectivity index (χ2n) is 5.77. The van der Waals surface area contributed by atoms with Crippen LogP contribution in [0.2, 0.25) is 0 Å². The van der Waals surface area contributed by atoms with E-state index in [9.17, 15) is 13.2 Å². The highest BCUT2D eigenvalue weighted by molar-refractivity contribution is 7.11. The Morgan fingerprint density at radius 2 is 1.85 bits per heavy atom. The highest BCUT2D eigenvalue weighted by Gasteiger charge is 2.42. The third-order valence-corrected chi connectivity index (χ3v) is 5.42. The molecule has 0 aromatic carbocycles. The molecule has 1 heterocycles. The molecule has 0 spiro atoms. The molecule has 1 aromatic rings. The van der Waals surface area contributed by atoms with E-state index in [4.69, 9.17) is 5.73 Å². The van der Waals surface area contributed by atoms with Crippen LogP contribution in [-0.4, -0.2) is 17.2 Å². The van der Waals surface area contributed by atoms with Gasteiger partial charge in [0.25, 0.3) is 0 Å². The zero-order valence-electron chi connectivity index (χ0n) is 11.8. The fourth-order valence-corrected chi connectivity index (χ4v) is 3.87. The monoisotopic (exact) mass is 306 g/mol. The number of hydrogen-bond donors (Lipinski definition) is 1. The first-order valence-electron chi connectivity index (χ1n) is 7.02. The number of aromatic nitrogens is 1. The molecule has 1 fully saturated rings. The van der Waals surface area contributed by atoms with E-state index >= 15 is 0 Å². The summed E-state index contributed by atoms with van der Waals surface area (Å²) in [4.78, 5) is 5.65. The first-order valence-corrected chi connectivity index (χ1v) is 7.84. The molecule has 1 atom stereocenters. The second-order valence-corrected chi connectivity index (χ2v) is 7.06. The summed E-state index contributed by atoms with van der Waals surface area (Å²) >= 11 is 1.64. The average molecular weight is 306 g/mol. The van der Waals surface area contributed by atoms with E-state index in [0.29, 0.717) is 19.3 Å². The third kappa shape index (κ3) is 3.73. The van der Waals surface area contributed by atoms with E-state index < -0.39 is 12.1 Å². The summed E-state index contributed by atoms with van der Waals surface area (Å²) in [6.07, 6.45) is -1.77. The molecule has 2 rings (SSSR count). The van der Waals surface area contributed by atoms with Gasteiger partial charge in [0.1, 0.15) is 0 Å². The minimum Gasteiger partial charge on any atom is -0.327 e. The Morgan fingerprint density at radius 3 is 2.30 bits per heavy atom. The van der Waals surface area contributed by atoms with Crippen molar-refractivity contribution in [2.45, 2.75) is 58.2 Å². The van der Waals surface area contributed by atoms with Gasteiger partial charge >= 0.3 is 6.18 Å². The summed E-state index contributed by atoms with van der Waals surface area (Å²) in [5, 5.41) is 1.01. The molecule has 0 aliphatic heterocycles. The first-order chi connectivity index (χ1) is 9.27. The van der Waals surface area contributed by atoms with Crippen molar-refractivity contribution in [1.29, 1.82) is 0 Å². The number of alkyl halides is 3. The number of nitrogens with zero attached hydrogens (tertiary/aromatic N) is 1. The lowest BCUT2D eigenvalue weighted by molar-refractivity contribution is -0.184. The molecule has 0 saturated heterocycles. The van der Waals surface area contributed by atoms with Gasteiger partial charge in [0, 0.05) is 17.3 Å². The van der Waals surface area contributed by atoms with Crippen LogP contribution in [0.15, 0.2) is 0 Å². The summed E-state index contributed by atoms with van der Waals surface area (Å²) in [6.45, 7) is 3.99. The van der Waals surface area contributed by atoms with Crippen LogP contribution in [-0.2, 0) is 6.42 Å². The maximum atomic E-state index is 12.6. The molecule has 1 unspecified atom stereocenters. The van der Waals surface area contributed by atoms with Crippen molar-refractivity contribution in [2.75, 3.05) is 0 Å². The van der Waals surface area contributed by atoms with Crippen LogP contribution in [0.4, 0.5) is 13.2 Å². The fourth-order valence-electron chi connectivity index (χ4n) is 2.87. The van der Waals surface area contributed by atoms with Gasteiger partial charge < -0.3 is 5.73 Å². The molecular weight excluding hydrogens is 285 g/mol. The summed E-state index contributed by atoms with van der Waals surface area (Å²) in [7, 11) is 0. The van der Waals surface area contributed by atoms with Gasteiger partial charge in [0.15, 0.2) is 0 Å². The van der Waals surface area contributed by atoms with E-state index in [-0.39, 0.29) is 24.8 Å². The van der Waals surface area contributed by atoms with Crippen molar-refractivity contribution in [3.8, 4) is 0 Å². The highest BCUT2D eigenvalue weighted by Crippen LogP contribution is 2.40. The Kier molecular flexibility index (Phi) is 4.74. The first kappa shape index (κ1) is 15.8. The maximum Gasteiger partial charge on any atom is 0.391 e. The quantitative estimate of drug-likeness (QED) is 0.917. The molecule has 0 radical (unpaired) electrons.